The smallest absolute Gasteiger partial charge is 0.0199 e. The Morgan fingerprint density at radius 3 is 2.25 bits per heavy atom. The molecule has 0 aliphatic rings. The van der Waals surface area contributed by atoms with Gasteiger partial charge in [-0.05, 0) is 45.0 Å². The van der Waals surface area contributed by atoms with E-state index in [4.69, 9.17) is 0 Å². The molecular formula is C18H23NS. The molecule has 0 heterocycles. The Kier molecular flexibility index (Phi) is 5.69. The molecule has 0 amide bonds. The van der Waals surface area contributed by atoms with Crippen LogP contribution in [0.3, 0.4) is 0 Å². The molecule has 20 heavy (non-hydrogen) atoms. The minimum absolute atomic E-state index is 0.501. The van der Waals surface area contributed by atoms with E-state index >= 15 is 0 Å². The van der Waals surface area contributed by atoms with Gasteiger partial charge in [-0.25, -0.2) is 0 Å². The molecule has 0 bridgehead atoms. The first kappa shape index (κ1) is 15.1. The molecule has 1 N–H and O–H groups in total. The van der Waals surface area contributed by atoms with Crippen molar-refractivity contribution < 1.29 is 0 Å². The summed E-state index contributed by atoms with van der Waals surface area (Å²) in [5.74, 6) is 1.09. The van der Waals surface area contributed by atoms with Crippen molar-refractivity contribution in [1.29, 1.82) is 0 Å². The van der Waals surface area contributed by atoms with E-state index in [1.54, 1.807) is 0 Å². The van der Waals surface area contributed by atoms with Gasteiger partial charge in [0.25, 0.3) is 0 Å². The molecule has 0 saturated carbocycles. The van der Waals surface area contributed by atoms with Crippen LogP contribution in [0.15, 0.2) is 53.4 Å². The van der Waals surface area contributed by atoms with Crippen LogP contribution in [0.4, 0.5) is 0 Å². The van der Waals surface area contributed by atoms with Crippen molar-refractivity contribution in [2.75, 3.05) is 12.8 Å². The predicted octanol–water partition coefficient (Wildman–Crippen LogP) is 4.23. The minimum Gasteiger partial charge on any atom is -0.316 e. The number of hydrogen-bond donors (Lipinski definition) is 1. The molecule has 2 heteroatoms. The second-order valence-electron chi connectivity index (χ2n) is 5.31. The van der Waals surface area contributed by atoms with Gasteiger partial charge in [-0.3, -0.25) is 0 Å². The summed E-state index contributed by atoms with van der Waals surface area (Å²) in [5, 5.41) is 3.44. The molecule has 0 spiro atoms. The number of nitrogens with one attached hydrogen (secondary N) is 1. The Balaban J connectivity index is 1.95. The van der Waals surface area contributed by atoms with Gasteiger partial charge in [-0.1, -0.05) is 47.5 Å². The molecular weight excluding hydrogens is 262 g/mol. The van der Waals surface area contributed by atoms with E-state index < -0.39 is 0 Å². The SMILES string of the molecule is CNC(CSc1ccccc1)Cc1cc(C)cc(C)c1. The van der Waals surface area contributed by atoms with Crippen molar-refractivity contribution >= 4 is 11.8 Å². The number of hydrogen-bond acceptors (Lipinski definition) is 2. The fraction of sp³-hybridized carbons (Fsp3) is 0.333. The monoisotopic (exact) mass is 285 g/mol. The molecule has 0 saturated heterocycles. The summed E-state index contributed by atoms with van der Waals surface area (Å²) in [6, 6.07) is 17.9. The van der Waals surface area contributed by atoms with Crippen LogP contribution < -0.4 is 5.32 Å². The van der Waals surface area contributed by atoms with Gasteiger partial charge in [0.05, 0.1) is 0 Å². The average molecular weight is 285 g/mol. The van der Waals surface area contributed by atoms with Gasteiger partial charge < -0.3 is 5.32 Å². The number of thioether (sulfide) groups is 1. The van der Waals surface area contributed by atoms with E-state index in [0.29, 0.717) is 6.04 Å². The van der Waals surface area contributed by atoms with E-state index in [-0.39, 0.29) is 0 Å². The summed E-state index contributed by atoms with van der Waals surface area (Å²) in [6.07, 6.45) is 1.08. The molecule has 0 radical (unpaired) electrons. The van der Waals surface area contributed by atoms with Crippen molar-refractivity contribution in [2.45, 2.75) is 31.2 Å². The zero-order valence-corrected chi connectivity index (χ0v) is 13.3. The van der Waals surface area contributed by atoms with E-state index in [1.807, 2.05) is 11.8 Å². The summed E-state index contributed by atoms with van der Waals surface area (Å²) < 4.78 is 0. The quantitative estimate of drug-likeness (QED) is 0.797. The van der Waals surface area contributed by atoms with Gasteiger partial charge >= 0.3 is 0 Å². The van der Waals surface area contributed by atoms with E-state index in [9.17, 15) is 0 Å². The van der Waals surface area contributed by atoms with Crippen molar-refractivity contribution in [3.05, 3.63) is 65.2 Å². The summed E-state index contributed by atoms with van der Waals surface area (Å²) in [5.41, 5.74) is 4.13. The van der Waals surface area contributed by atoms with Crippen LogP contribution in [0.25, 0.3) is 0 Å². The van der Waals surface area contributed by atoms with Crippen LogP contribution in [0, 0.1) is 13.8 Å². The minimum atomic E-state index is 0.501. The van der Waals surface area contributed by atoms with Crippen LogP contribution >= 0.6 is 11.8 Å². The molecule has 0 aromatic heterocycles. The van der Waals surface area contributed by atoms with E-state index in [2.05, 4.69) is 74.7 Å². The van der Waals surface area contributed by atoms with Crippen LogP contribution in [0.2, 0.25) is 0 Å². The second kappa shape index (κ2) is 7.51. The normalized spacial score (nSPS) is 12.3. The Hall–Kier alpha value is -1.25. The standard InChI is InChI=1S/C18H23NS/c1-14-9-15(2)11-16(10-14)12-17(19-3)13-20-18-7-5-4-6-8-18/h4-11,17,19H,12-13H2,1-3H3. The van der Waals surface area contributed by atoms with Crippen LogP contribution in [0.5, 0.6) is 0 Å². The Labute approximate surface area is 126 Å². The fourth-order valence-corrected chi connectivity index (χ4v) is 3.46. The predicted molar refractivity (Wildman–Crippen MR) is 89.6 cm³/mol. The lowest BCUT2D eigenvalue weighted by molar-refractivity contribution is 0.617. The molecule has 2 rings (SSSR count). The van der Waals surface area contributed by atoms with Gasteiger partial charge in [0.15, 0.2) is 0 Å². The lowest BCUT2D eigenvalue weighted by Crippen LogP contribution is -2.30. The fourth-order valence-electron chi connectivity index (χ4n) is 2.43. The first-order valence-corrected chi connectivity index (χ1v) is 8.08. The van der Waals surface area contributed by atoms with Crippen LogP contribution in [-0.2, 0) is 6.42 Å². The maximum absolute atomic E-state index is 3.44. The Morgan fingerprint density at radius 2 is 1.65 bits per heavy atom. The van der Waals surface area contributed by atoms with Crippen molar-refractivity contribution in [1.82, 2.24) is 5.32 Å². The number of rotatable bonds is 6. The van der Waals surface area contributed by atoms with Crippen LogP contribution in [-0.4, -0.2) is 18.8 Å². The van der Waals surface area contributed by atoms with Crippen LogP contribution in [0.1, 0.15) is 16.7 Å². The molecule has 1 unspecified atom stereocenters. The van der Waals surface area contributed by atoms with Gasteiger partial charge in [-0.2, -0.15) is 0 Å². The van der Waals surface area contributed by atoms with Crippen molar-refractivity contribution in [3.63, 3.8) is 0 Å². The second-order valence-corrected chi connectivity index (χ2v) is 6.40. The number of aryl methyl sites for hydroxylation is 2. The zero-order valence-electron chi connectivity index (χ0n) is 12.5. The topological polar surface area (TPSA) is 12.0 Å². The maximum atomic E-state index is 3.44. The molecule has 2 aromatic carbocycles. The zero-order chi connectivity index (χ0) is 14.4. The Morgan fingerprint density at radius 1 is 1.00 bits per heavy atom. The van der Waals surface area contributed by atoms with Gasteiger partial charge in [0.2, 0.25) is 0 Å². The van der Waals surface area contributed by atoms with E-state index in [1.165, 1.54) is 21.6 Å². The molecule has 106 valence electrons. The molecule has 0 fully saturated rings. The number of likely N-dealkylation sites (N-methyl/N-ethyl adjacent to an activating group) is 1. The lowest BCUT2D eigenvalue weighted by Gasteiger charge is -2.16. The highest BCUT2D eigenvalue weighted by Gasteiger charge is 2.08. The molecule has 1 atom stereocenters. The molecule has 0 aliphatic heterocycles. The summed E-state index contributed by atoms with van der Waals surface area (Å²) in [4.78, 5) is 1.34. The molecule has 2 aromatic rings. The highest BCUT2D eigenvalue weighted by Crippen LogP contribution is 2.19. The van der Waals surface area contributed by atoms with E-state index in [0.717, 1.165) is 12.2 Å². The summed E-state index contributed by atoms with van der Waals surface area (Å²) in [7, 11) is 2.05. The van der Waals surface area contributed by atoms with Crippen molar-refractivity contribution in [2.24, 2.45) is 0 Å². The molecule has 1 nitrogen and oxygen atoms in total. The third-order valence-corrected chi connectivity index (χ3v) is 4.54. The van der Waals surface area contributed by atoms with Gasteiger partial charge in [0.1, 0.15) is 0 Å². The summed E-state index contributed by atoms with van der Waals surface area (Å²) >= 11 is 1.92. The third kappa shape index (κ3) is 4.69. The van der Waals surface area contributed by atoms with Gasteiger partial charge in [0, 0.05) is 16.7 Å². The number of benzene rings is 2. The average Bonchev–Trinajstić information content (AvgIpc) is 2.43. The lowest BCUT2D eigenvalue weighted by atomic mass is 10.0. The maximum Gasteiger partial charge on any atom is 0.0199 e. The highest BCUT2D eigenvalue weighted by atomic mass is 32.2. The third-order valence-electron chi connectivity index (χ3n) is 3.37. The first-order chi connectivity index (χ1) is 9.67. The van der Waals surface area contributed by atoms with Gasteiger partial charge in [-0.15, -0.1) is 11.8 Å². The van der Waals surface area contributed by atoms with Crippen molar-refractivity contribution in [3.8, 4) is 0 Å². The molecule has 0 aliphatic carbocycles. The summed E-state index contributed by atoms with van der Waals surface area (Å²) in [6.45, 7) is 4.34. The highest BCUT2D eigenvalue weighted by molar-refractivity contribution is 7.99. The Bertz CT molecular complexity index is 516. The largest absolute Gasteiger partial charge is 0.316 e. The first-order valence-electron chi connectivity index (χ1n) is 7.09.